The van der Waals surface area contributed by atoms with Gasteiger partial charge in [0.2, 0.25) is 0 Å². The molecule has 1 atom stereocenters. The van der Waals surface area contributed by atoms with Crippen molar-refractivity contribution in [1.82, 2.24) is 0 Å². The fraction of sp³-hybridized carbons (Fsp3) is 0.0435. The molecule has 0 spiro atoms. The second-order valence-corrected chi connectivity index (χ2v) is 5.63. The van der Waals surface area contributed by atoms with Crippen molar-refractivity contribution in [2.45, 2.75) is 6.04 Å². The summed E-state index contributed by atoms with van der Waals surface area (Å²) in [7, 11) is 0. The summed E-state index contributed by atoms with van der Waals surface area (Å²) in [6.45, 7) is 3.90. The highest BCUT2D eigenvalue weighted by atomic mass is 14.9. The lowest BCUT2D eigenvalue weighted by Crippen LogP contribution is -2.12. The number of rotatable bonds is 5. The van der Waals surface area contributed by atoms with Gasteiger partial charge in [-0.1, -0.05) is 67.2 Å². The maximum Gasteiger partial charge on any atom is 0.0991 e. The molecule has 3 aromatic carbocycles. The van der Waals surface area contributed by atoms with E-state index in [0.717, 1.165) is 22.4 Å². The summed E-state index contributed by atoms with van der Waals surface area (Å²) in [5.74, 6) is 0. The van der Waals surface area contributed by atoms with Crippen LogP contribution in [0.4, 0.5) is 5.69 Å². The van der Waals surface area contributed by atoms with E-state index in [1.807, 2.05) is 72.8 Å². The third-order valence-electron chi connectivity index (χ3n) is 4.02. The molecule has 0 aliphatic rings. The lowest BCUT2D eigenvalue weighted by atomic mass is 9.92. The number of benzene rings is 3. The van der Waals surface area contributed by atoms with Gasteiger partial charge in [-0.05, 0) is 35.4 Å². The van der Waals surface area contributed by atoms with E-state index in [9.17, 15) is 0 Å². The Morgan fingerprint density at radius 3 is 2.00 bits per heavy atom. The summed E-state index contributed by atoms with van der Waals surface area (Å²) in [6.07, 6.45) is 0. The van der Waals surface area contributed by atoms with Gasteiger partial charge in [0.25, 0.3) is 0 Å². The number of anilines is 1. The van der Waals surface area contributed by atoms with E-state index in [4.69, 9.17) is 5.26 Å². The lowest BCUT2D eigenvalue weighted by Gasteiger charge is -2.23. The number of hydrogen-bond acceptors (Lipinski definition) is 2. The zero-order chi connectivity index (χ0) is 17.5. The molecule has 0 amide bonds. The number of para-hydroxylation sites is 1. The lowest BCUT2D eigenvalue weighted by molar-refractivity contribution is 1.01. The van der Waals surface area contributed by atoms with Crippen LogP contribution < -0.4 is 5.32 Å². The monoisotopic (exact) mass is 322 g/mol. The van der Waals surface area contributed by atoms with Crippen molar-refractivity contribution in [2.75, 3.05) is 5.32 Å². The second-order valence-electron chi connectivity index (χ2n) is 5.63. The maximum atomic E-state index is 9.04. The molecule has 3 rings (SSSR count). The minimum absolute atomic E-state index is 0.116. The van der Waals surface area contributed by atoms with Crippen molar-refractivity contribution >= 4 is 11.3 Å². The number of nitrogens with zero attached hydrogens (tertiary/aromatic N) is 1. The molecule has 1 N–H and O–H groups in total. The van der Waals surface area contributed by atoms with Crippen LogP contribution >= 0.6 is 0 Å². The van der Waals surface area contributed by atoms with E-state index >= 15 is 0 Å². The van der Waals surface area contributed by atoms with E-state index in [1.165, 1.54) is 0 Å². The fourth-order valence-electron chi connectivity index (χ4n) is 2.76. The Labute approximate surface area is 148 Å². The number of hydrogen-bond donors (Lipinski definition) is 1. The van der Waals surface area contributed by atoms with Gasteiger partial charge in [0, 0.05) is 11.3 Å². The van der Waals surface area contributed by atoms with Crippen LogP contribution in [0.15, 0.2) is 97.2 Å². The summed E-state index contributed by atoms with van der Waals surface area (Å²) in [6, 6.07) is 29.8. The van der Waals surface area contributed by atoms with Crippen molar-refractivity contribution in [2.24, 2.45) is 0 Å². The van der Waals surface area contributed by atoms with Gasteiger partial charge < -0.3 is 5.32 Å². The zero-order valence-corrected chi connectivity index (χ0v) is 13.8. The smallest absolute Gasteiger partial charge is 0.0991 e. The first-order valence-corrected chi connectivity index (χ1v) is 8.09. The zero-order valence-electron chi connectivity index (χ0n) is 13.8. The molecule has 3 aromatic rings. The molecule has 0 fully saturated rings. The SMILES string of the molecule is C=C=C(c1ccccc1)C(Nc1ccccc1)c1ccc(C#N)cc1. The van der Waals surface area contributed by atoms with Crippen LogP contribution in [0.2, 0.25) is 0 Å². The summed E-state index contributed by atoms with van der Waals surface area (Å²) < 4.78 is 0. The minimum Gasteiger partial charge on any atom is -0.374 e. The van der Waals surface area contributed by atoms with Gasteiger partial charge in [-0.15, -0.1) is 5.73 Å². The highest BCUT2D eigenvalue weighted by Crippen LogP contribution is 2.32. The largest absolute Gasteiger partial charge is 0.374 e. The van der Waals surface area contributed by atoms with Gasteiger partial charge >= 0.3 is 0 Å². The predicted octanol–water partition coefficient (Wildman–Crippen LogP) is 5.58. The van der Waals surface area contributed by atoms with E-state index in [-0.39, 0.29) is 6.04 Å². The third kappa shape index (κ3) is 3.87. The van der Waals surface area contributed by atoms with E-state index in [2.05, 4.69) is 35.8 Å². The molecule has 1 unspecified atom stereocenters. The number of nitriles is 1. The fourth-order valence-corrected chi connectivity index (χ4v) is 2.76. The Balaban J connectivity index is 2.04. The van der Waals surface area contributed by atoms with Crippen molar-refractivity contribution < 1.29 is 0 Å². The molecule has 2 nitrogen and oxygen atoms in total. The quantitative estimate of drug-likeness (QED) is 0.622. The van der Waals surface area contributed by atoms with Crippen LogP contribution in [0.3, 0.4) is 0 Å². The highest BCUT2D eigenvalue weighted by molar-refractivity contribution is 5.73. The van der Waals surface area contributed by atoms with Gasteiger partial charge in [0.15, 0.2) is 0 Å². The molecule has 0 heterocycles. The Morgan fingerprint density at radius 2 is 1.44 bits per heavy atom. The number of nitrogens with one attached hydrogen (secondary N) is 1. The molecule has 2 heteroatoms. The molecule has 0 saturated carbocycles. The van der Waals surface area contributed by atoms with Gasteiger partial charge in [-0.2, -0.15) is 5.26 Å². The summed E-state index contributed by atoms with van der Waals surface area (Å²) >= 11 is 0. The van der Waals surface area contributed by atoms with Crippen molar-refractivity contribution in [1.29, 1.82) is 5.26 Å². The first-order valence-electron chi connectivity index (χ1n) is 8.09. The van der Waals surface area contributed by atoms with Gasteiger partial charge in [0.05, 0.1) is 17.7 Å². The van der Waals surface area contributed by atoms with E-state index < -0.39 is 0 Å². The molecular formula is C23H18N2. The first kappa shape index (κ1) is 16.3. The molecule has 0 aliphatic heterocycles. The Kier molecular flexibility index (Phi) is 5.12. The Hall–Kier alpha value is -3.53. The maximum absolute atomic E-state index is 9.04. The van der Waals surface area contributed by atoms with Crippen molar-refractivity contribution in [3.05, 3.63) is 114 Å². The molecule has 0 radical (unpaired) electrons. The van der Waals surface area contributed by atoms with Crippen LogP contribution in [-0.4, -0.2) is 0 Å². The predicted molar refractivity (Wildman–Crippen MR) is 103 cm³/mol. The highest BCUT2D eigenvalue weighted by Gasteiger charge is 2.18. The molecular weight excluding hydrogens is 304 g/mol. The molecule has 0 saturated heterocycles. The van der Waals surface area contributed by atoms with E-state index in [1.54, 1.807) is 0 Å². The topological polar surface area (TPSA) is 35.8 Å². The minimum atomic E-state index is -0.116. The van der Waals surface area contributed by atoms with E-state index in [0.29, 0.717) is 5.56 Å². The molecule has 0 bridgehead atoms. The van der Waals surface area contributed by atoms with Gasteiger partial charge in [-0.25, -0.2) is 0 Å². The summed E-state index contributed by atoms with van der Waals surface area (Å²) in [5.41, 5.74) is 7.85. The van der Waals surface area contributed by atoms with Crippen LogP contribution in [-0.2, 0) is 0 Å². The van der Waals surface area contributed by atoms with Crippen molar-refractivity contribution in [3.63, 3.8) is 0 Å². The second kappa shape index (κ2) is 7.84. The Morgan fingerprint density at radius 1 is 0.840 bits per heavy atom. The molecule has 0 aromatic heterocycles. The standard InChI is InChI=1S/C23H18N2/c1-2-22(19-9-5-3-6-10-19)23(25-21-11-7-4-8-12-21)20-15-13-18(17-24)14-16-20/h3-16,23,25H,1H2. The molecule has 25 heavy (non-hydrogen) atoms. The molecule has 0 aliphatic carbocycles. The summed E-state index contributed by atoms with van der Waals surface area (Å²) in [5, 5.41) is 12.6. The van der Waals surface area contributed by atoms with Crippen LogP contribution in [0.5, 0.6) is 0 Å². The molecule has 120 valence electrons. The first-order chi connectivity index (χ1) is 12.3. The summed E-state index contributed by atoms with van der Waals surface area (Å²) in [4.78, 5) is 0. The average Bonchev–Trinajstić information content (AvgIpc) is 2.69. The van der Waals surface area contributed by atoms with Crippen LogP contribution in [0.1, 0.15) is 22.7 Å². The normalized spacial score (nSPS) is 11.0. The average molecular weight is 322 g/mol. The van der Waals surface area contributed by atoms with Crippen molar-refractivity contribution in [3.8, 4) is 6.07 Å². The van der Waals surface area contributed by atoms with Gasteiger partial charge in [0.1, 0.15) is 0 Å². The Bertz CT molecular complexity index is 913. The third-order valence-corrected chi connectivity index (χ3v) is 4.02. The van der Waals surface area contributed by atoms with Crippen LogP contribution in [0, 0.1) is 11.3 Å². The van der Waals surface area contributed by atoms with Crippen LogP contribution in [0.25, 0.3) is 5.57 Å². The van der Waals surface area contributed by atoms with Gasteiger partial charge in [-0.3, -0.25) is 0 Å².